The molecule has 0 saturated heterocycles. The van der Waals surface area contributed by atoms with Crippen molar-refractivity contribution in [1.29, 1.82) is 0 Å². The third kappa shape index (κ3) is 3.84. The number of carbonyl (C=O) groups is 1. The monoisotopic (exact) mass is 431 g/mol. The molecular weight excluding hydrogens is 406 g/mol. The fourth-order valence-electron chi connectivity index (χ4n) is 3.20. The van der Waals surface area contributed by atoms with Crippen molar-refractivity contribution in [3.63, 3.8) is 0 Å². The Balaban J connectivity index is 2.38. The molecule has 1 amide bonds. The molecule has 7 heteroatoms. The van der Waals surface area contributed by atoms with Crippen molar-refractivity contribution in [3.8, 4) is 0 Å². The number of nitrogens with zero attached hydrogens (tertiary/aromatic N) is 1. The largest absolute Gasteiger partial charge is 0.396 e. The van der Waals surface area contributed by atoms with Crippen molar-refractivity contribution in [2.45, 2.75) is 37.5 Å². The van der Waals surface area contributed by atoms with E-state index >= 15 is 0 Å². The summed E-state index contributed by atoms with van der Waals surface area (Å²) in [4.78, 5) is 14.7. The molecule has 1 aromatic rings. The van der Waals surface area contributed by atoms with E-state index < -0.39 is 24.3 Å². The highest BCUT2D eigenvalue weighted by atomic mass is 79.9. The Morgan fingerprint density at radius 3 is 2.58 bits per heavy atom. The number of halogens is 1. The highest BCUT2D eigenvalue weighted by Gasteiger charge is 2.51. The van der Waals surface area contributed by atoms with Crippen molar-refractivity contribution in [1.82, 2.24) is 0 Å². The second-order valence-electron chi connectivity index (χ2n) is 7.65. The van der Waals surface area contributed by atoms with E-state index in [0.717, 1.165) is 21.8 Å². The SMILES string of the molecule is CN1C(=O)[C@@](CCO)(C[S@@](=O)CC[Si](C)(C)C)c2c(Br)cccc21. The lowest BCUT2D eigenvalue weighted by atomic mass is 9.80. The highest BCUT2D eigenvalue weighted by Crippen LogP contribution is 2.47. The summed E-state index contributed by atoms with van der Waals surface area (Å²) in [5.41, 5.74) is 0.807. The van der Waals surface area contributed by atoms with Crippen molar-refractivity contribution in [2.75, 3.05) is 30.1 Å². The Labute approximate surface area is 156 Å². The Bertz CT molecular complexity index is 662. The van der Waals surface area contributed by atoms with Crippen molar-refractivity contribution >= 4 is 46.4 Å². The molecule has 0 unspecified atom stereocenters. The van der Waals surface area contributed by atoms with E-state index in [1.54, 1.807) is 11.9 Å². The summed E-state index contributed by atoms with van der Waals surface area (Å²) in [6.45, 7) is 6.67. The van der Waals surface area contributed by atoms with Crippen LogP contribution in [-0.2, 0) is 21.0 Å². The highest BCUT2D eigenvalue weighted by molar-refractivity contribution is 9.10. The molecule has 0 radical (unpaired) electrons. The normalized spacial score (nSPS) is 21.9. The first kappa shape index (κ1) is 19.8. The molecule has 2 rings (SSSR count). The average molecular weight is 432 g/mol. The summed E-state index contributed by atoms with van der Waals surface area (Å²) in [7, 11) is -0.624. The van der Waals surface area contributed by atoms with Gasteiger partial charge in [-0.2, -0.15) is 0 Å². The number of rotatable bonds is 7. The van der Waals surface area contributed by atoms with E-state index in [-0.39, 0.29) is 18.3 Å². The summed E-state index contributed by atoms with van der Waals surface area (Å²) < 4.78 is 13.6. The van der Waals surface area contributed by atoms with Gasteiger partial charge < -0.3 is 10.0 Å². The van der Waals surface area contributed by atoms with E-state index in [1.807, 2.05) is 18.2 Å². The van der Waals surface area contributed by atoms with Crippen LogP contribution in [-0.4, -0.2) is 48.5 Å². The molecule has 0 fully saturated rings. The molecule has 0 aliphatic carbocycles. The van der Waals surface area contributed by atoms with Crippen LogP contribution in [0.2, 0.25) is 25.7 Å². The molecule has 0 bridgehead atoms. The van der Waals surface area contributed by atoms with Gasteiger partial charge >= 0.3 is 0 Å². The fraction of sp³-hybridized carbons (Fsp3) is 0.588. The molecule has 1 heterocycles. The van der Waals surface area contributed by atoms with Crippen LogP contribution in [0.15, 0.2) is 22.7 Å². The van der Waals surface area contributed by atoms with Gasteiger partial charge in [-0.3, -0.25) is 9.00 Å². The van der Waals surface area contributed by atoms with E-state index in [9.17, 15) is 14.1 Å². The van der Waals surface area contributed by atoms with Gasteiger partial charge in [0, 0.05) is 59.8 Å². The van der Waals surface area contributed by atoms with Crippen molar-refractivity contribution in [2.24, 2.45) is 0 Å². The summed E-state index contributed by atoms with van der Waals surface area (Å²) in [5, 5.41) is 9.61. The van der Waals surface area contributed by atoms with Crippen LogP contribution in [0.1, 0.15) is 12.0 Å². The van der Waals surface area contributed by atoms with Gasteiger partial charge in [0.1, 0.15) is 0 Å². The average Bonchev–Trinajstić information content (AvgIpc) is 2.69. The van der Waals surface area contributed by atoms with Crippen LogP contribution < -0.4 is 4.90 Å². The van der Waals surface area contributed by atoms with Gasteiger partial charge in [-0.15, -0.1) is 0 Å². The molecule has 24 heavy (non-hydrogen) atoms. The van der Waals surface area contributed by atoms with Gasteiger partial charge in [-0.25, -0.2) is 0 Å². The smallest absolute Gasteiger partial charge is 0.238 e. The quantitative estimate of drug-likeness (QED) is 0.674. The minimum absolute atomic E-state index is 0.0696. The third-order valence-electron chi connectivity index (χ3n) is 4.57. The molecular formula is C17H26BrNO3SSi. The van der Waals surface area contributed by atoms with Crippen molar-refractivity contribution < 1.29 is 14.1 Å². The number of anilines is 1. The van der Waals surface area contributed by atoms with Gasteiger partial charge in [-0.05, 0) is 24.6 Å². The first-order valence-corrected chi connectivity index (χ1v) is 14.1. The first-order chi connectivity index (χ1) is 11.1. The number of aliphatic hydroxyl groups is 1. The molecule has 1 aliphatic heterocycles. The first-order valence-electron chi connectivity index (χ1n) is 8.15. The minimum atomic E-state index is -1.28. The second kappa shape index (κ2) is 7.39. The van der Waals surface area contributed by atoms with Crippen LogP contribution in [0.3, 0.4) is 0 Å². The van der Waals surface area contributed by atoms with Crippen LogP contribution in [0.25, 0.3) is 0 Å². The van der Waals surface area contributed by atoms with Gasteiger partial charge in [0.15, 0.2) is 0 Å². The molecule has 0 saturated carbocycles. The molecule has 0 spiro atoms. The number of fused-ring (bicyclic) bond motifs is 1. The lowest BCUT2D eigenvalue weighted by Crippen LogP contribution is -2.44. The van der Waals surface area contributed by atoms with E-state index in [2.05, 4.69) is 35.6 Å². The lowest BCUT2D eigenvalue weighted by molar-refractivity contribution is -0.122. The van der Waals surface area contributed by atoms with Gasteiger partial charge in [0.05, 0.1) is 5.41 Å². The van der Waals surface area contributed by atoms with Crippen LogP contribution in [0.4, 0.5) is 5.69 Å². The molecule has 4 nitrogen and oxygen atoms in total. The summed E-state index contributed by atoms with van der Waals surface area (Å²) >= 11 is 3.56. The maximum absolute atomic E-state index is 13.0. The topological polar surface area (TPSA) is 57.6 Å². The molecule has 1 N–H and O–H groups in total. The second-order valence-corrected chi connectivity index (χ2v) is 15.7. The van der Waals surface area contributed by atoms with Crippen LogP contribution in [0, 0.1) is 0 Å². The number of carbonyl (C=O) groups excluding carboxylic acids is 1. The van der Waals surface area contributed by atoms with E-state index in [0.29, 0.717) is 12.2 Å². The maximum atomic E-state index is 13.0. The van der Waals surface area contributed by atoms with Gasteiger partial charge in [0.2, 0.25) is 5.91 Å². The minimum Gasteiger partial charge on any atom is -0.396 e. The number of hydrogen-bond donors (Lipinski definition) is 1. The zero-order chi connectivity index (χ0) is 18.1. The Morgan fingerprint density at radius 2 is 2.00 bits per heavy atom. The maximum Gasteiger partial charge on any atom is 0.238 e. The molecule has 0 aromatic heterocycles. The summed E-state index contributed by atoms with van der Waals surface area (Å²) in [6, 6.07) is 6.68. The standard InChI is InChI=1S/C17H26BrNO3SSi/c1-19-14-7-5-6-13(18)15(14)17(8-9-20,16(19)21)12-23(22)10-11-24(2,3)4/h5-7,20H,8-12H2,1-4H3/t17-,23-/m0/s1. The molecule has 1 aromatic carbocycles. The molecule has 2 atom stereocenters. The fourth-order valence-corrected chi connectivity index (χ4v) is 8.40. The predicted molar refractivity (Wildman–Crippen MR) is 107 cm³/mol. The van der Waals surface area contributed by atoms with Crippen molar-refractivity contribution in [3.05, 3.63) is 28.2 Å². The Morgan fingerprint density at radius 1 is 1.33 bits per heavy atom. The third-order valence-corrected chi connectivity index (χ3v) is 8.82. The van der Waals surface area contributed by atoms with E-state index in [4.69, 9.17) is 0 Å². The van der Waals surface area contributed by atoms with Gasteiger partial charge in [-0.1, -0.05) is 41.6 Å². The zero-order valence-corrected chi connectivity index (χ0v) is 18.2. The Kier molecular flexibility index (Phi) is 6.11. The number of aliphatic hydroxyl groups excluding tert-OH is 1. The summed E-state index contributed by atoms with van der Waals surface area (Å²) in [5.74, 6) is 0.830. The number of amides is 1. The van der Waals surface area contributed by atoms with E-state index in [1.165, 1.54) is 0 Å². The van der Waals surface area contributed by atoms with Crippen LogP contribution in [0.5, 0.6) is 0 Å². The predicted octanol–water partition coefficient (Wildman–Crippen LogP) is 3.13. The number of hydrogen-bond acceptors (Lipinski definition) is 3. The summed E-state index contributed by atoms with van der Waals surface area (Å²) in [6.07, 6.45) is 0.296. The number of likely N-dealkylation sites (N-methyl/N-ethyl adjacent to an activating group) is 1. The van der Waals surface area contributed by atoms with Gasteiger partial charge in [0.25, 0.3) is 0 Å². The molecule has 1 aliphatic rings. The number of benzene rings is 1. The van der Waals surface area contributed by atoms with Crippen LogP contribution >= 0.6 is 15.9 Å². The Hall–Kier alpha value is -0.503. The zero-order valence-electron chi connectivity index (χ0n) is 14.8. The molecule has 134 valence electrons. The lowest BCUT2D eigenvalue weighted by Gasteiger charge is -2.28.